The highest BCUT2D eigenvalue weighted by Crippen LogP contribution is 2.38. The van der Waals surface area contributed by atoms with Crippen LogP contribution in [0.2, 0.25) is 0 Å². The Labute approximate surface area is 246 Å². The van der Waals surface area contributed by atoms with Crippen LogP contribution in [0.1, 0.15) is 64.8 Å². The lowest BCUT2D eigenvalue weighted by molar-refractivity contribution is -0.110. The van der Waals surface area contributed by atoms with E-state index in [4.69, 9.17) is 0 Å². The zero-order chi connectivity index (χ0) is 28.9. The highest BCUT2D eigenvalue weighted by molar-refractivity contribution is 6.37. The minimum absolute atomic E-state index is 0.160. The lowest BCUT2D eigenvalue weighted by Crippen LogP contribution is -2.29. The molecule has 7 heteroatoms. The molecule has 3 heterocycles. The zero-order valence-electron chi connectivity index (χ0n) is 23.8. The largest absolute Gasteiger partial charge is 0.354 e. The number of aromatic nitrogens is 1. The second kappa shape index (κ2) is 12.4. The highest BCUT2D eigenvalue weighted by Gasteiger charge is 2.30. The molecule has 0 unspecified atom stereocenters. The van der Waals surface area contributed by atoms with E-state index >= 15 is 0 Å². The van der Waals surface area contributed by atoms with Crippen LogP contribution < -0.4 is 16.0 Å². The molecule has 4 aromatic rings. The van der Waals surface area contributed by atoms with Gasteiger partial charge in [0.1, 0.15) is 0 Å². The van der Waals surface area contributed by atoms with E-state index in [0.717, 1.165) is 36.4 Å². The number of hydrogen-bond acceptors (Lipinski definition) is 5. The lowest BCUT2D eigenvalue weighted by Gasteiger charge is -2.26. The van der Waals surface area contributed by atoms with Gasteiger partial charge < -0.3 is 16.0 Å². The molecule has 3 N–H and O–H groups in total. The number of piperidine rings is 1. The number of nitrogens with one attached hydrogen (secondary N) is 3. The normalized spacial score (nSPS) is 16.7. The third-order valence-corrected chi connectivity index (χ3v) is 7.95. The predicted octanol–water partition coefficient (Wildman–Crippen LogP) is 6.49. The van der Waals surface area contributed by atoms with Crippen molar-refractivity contribution in [3.05, 3.63) is 125 Å². The van der Waals surface area contributed by atoms with Crippen molar-refractivity contribution in [1.29, 1.82) is 0 Å². The van der Waals surface area contributed by atoms with Crippen LogP contribution in [0.25, 0.3) is 11.3 Å². The van der Waals surface area contributed by atoms with Crippen molar-refractivity contribution < 1.29 is 9.59 Å². The number of anilines is 2. The minimum atomic E-state index is -0.228. The highest BCUT2D eigenvalue weighted by atomic mass is 16.2. The van der Waals surface area contributed by atoms with Crippen molar-refractivity contribution in [2.24, 2.45) is 0 Å². The Morgan fingerprint density at radius 1 is 0.929 bits per heavy atom. The Kier molecular flexibility index (Phi) is 8.10. The van der Waals surface area contributed by atoms with Gasteiger partial charge in [-0.05, 0) is 86.4 Å². The maximum atomic E-state index is 13.4. The van der Waals surface area contributed by atoms with E-state index < -0.39 is 0 Å². The van der Waals surface area contributed by atoms with Crippen LogP contribution in [0.5, 0.6) is 0 Å². The van der Waals surface area contributed by atoms with Gasteiger partial charge in [0.25, 0.3) is 11.8 Å². The Morgan fingerprint density at radius 2 is 1.71 bits per heavy atom. The summed E-state index contributed by atoms with van der Waals surface area (Å²) in [4.78, 5) is 33.5. The Bertz CT molecular complexity index is 1590. The summed E-state index contributed by atoms with van der Waals surface area (Å²) in [5.74, 6) is -0.429. The second-order valence-corrected chi connectivity index (χ2v) is 11.0. The first-order valence-corrected chi connectivity index (χ1v) is 14.6. The number of nitrogens with zero attached hydrogens (tertiary/aromatic N) is 2. The van der Waals surface area contributed by atoms with E-state index in [0.29, 0.717) is 28.1 Å². The fourth-order valence-corrected chi connectivity index (χ4v) is 5.66. The van der Waals surface area contributed by atoms with Gasteiger partial charge in [-0.25, -0.2) is 0 Å². The number of benzene rings is 3. The van der Waals surface area contributed by atoms with E-state index in [9.17, 15) is 9.59 Å². The third-order valence-electron chi connectivity index (χ3n) is 7.95. The van der Waals surface area contributed by atoms with Gasteiger partial charge in [0.05, 0.1) is 17.3 Å². The summed E-state index contributed by atoms with van der Waals surface area (Å²) >= 11 is 0. The molecular weight excluding hydrogens is 522 g/mol. The Balaban J connectivity index is 1.30. The molecule has 2 aliphatic rings. The lowest BCUT2D eigenvalue weighted by atomic mass is 9.98. The van der Waals surface area contributed by atoms with Crippen LogP contribution in [0.4, 0.5) is 11.4 Å². The maximum Gasteiger partial charge on any atom is 0.258 e. The molecule has 7 nitrogen and oxygen atoms in total. The summed E-state index contributed by atoms with van der Waals surface area (Å²) in [6, 6.07) is 27.2. The van der Waals surface area contributed by atoms with E-state index in [2.05, 4.69) is 50.1 Å². The van der Waals surface area contributed by atoms with Gasteiger partial charge in [0.2, 0.25) is 0 Å². The van der Waals surface area contributed by atoms with Gasteiger partial charge in [-0.2, -0.15) is 0 Å². The molecule has 1 fully saturated rings. The molecule has 1 atom stereocenters. The summed E-state index contributed by atoms with van der Waals surface area (Å²) in [5, 5.41) is 9.56. The van der Waals surface area contributed by atoms with Gasteiger partial charge in [0.15, 0.2) is 0 Å². The molecule has 2 amide bonds. The monoisotopic (exact) mass is 557 g/mol. The molecule has 0 saturated carbocycles. The van der Waals surface area contributed by atoms with Crippen molar-refractivity contribution in [2.45, 2.75) is 38.8 Å². The van der Waals surface area contributed by atoms with E-state index in [1.807, 2.05) is 49.4 Å². The molecule has 1 saturated heterocycles. The molecule has 1 aromatic heterocycles. The topological polar surface area (TPSA) is 86.4 Å². The van der Waals surface area contributed by atoms with Gasteiger partial charge in [-0.1, -0.05) is 48.9 Å². The van der Waals surface area contributed by atoms with Crippen LogP contribution in [-0.2, 0) is 11.3 Å². The fourth-order valence-electron chi connectivity index (χ4n) is 5.66. The number of rotatable bonds is 8. The molecule has 212 valence electrons. The van der Waals surface area contributed by atoms with Gasteiger partial charge >= 0.3 is 0 Å². The summed E-state index contributed by atoms with van der Waals surface area (Å²) < 4.78 is 0. The molecule has 0 spiro atoms. The molecule has 6 rings (SSSR count). The molecule has 3 aromatic carbocycles. The van der Waals surface area contributed by atoms with Crippen molar-refractivity contribution in [3.63, 3.8) is 0 Å². The standard InChI is InChI=1S/C35H35N5O2/c1-24(26-9-4-2-5-10-26)37-34(41)27-14-17-31-30(21-27)32(35(42)39-31)33(28-11-8-18-36-22-28)38-29-15-12-25(13-16-29)23-40-19-6-3-7-20-40/h2,4-5,8-18,21-22,24,38H,3,6-7,19-20,23H2,1H3,(H,37,41)(H,39,42)/t24-/m1/s1. The van der Waals surface area contributed by atoms with Gasteiger partial charge in [0, 0.05) is 47.0 Å². The molecule has 0 radical (unpaired) electrons. The first-order chi connectivity index (χ1) is 20.5. The van der Waals surface area contributed by atoms with Crippen molar-refractivity contribution >= 4 is 34.5 Å². The molecule has 42 heavy (non-hydrogen) atoms. The SMILES string of the molecule is C[C@@H](NC(=O)c1ccc2c(c1)C(=C(Nc1ccc(CN3CCCCC3)cc1)c1cccnc1)C(=O)N2)c1ccccc1. The van der Waals surface area contributed by atoms with Crippen LogP contribution in [0.3, 0.4) is 0 Å². The average molecular weight is 558 g/mol. The summed E-state index contributed by atoms with van der Waals surface area (Å²) in [7, 11) is 0. The summed E-state index contributed by atoms with van der Waals surface area (Å²) in [6.07, 6.45) is 7.30. The zero-order valence-corrected chi connectivity index (χ0v) is 23.8. The molecular formula is C35H35N5O2. The van der Waals surface area contributed by atoms with Crippen molar-refractivity contribution in [1.82, 2.24) is 15.2 Å². The number of fused-ring (bicyclic) bond motifs is 1. The van der Waals surface area contributed by atoms with Gasteiger partial charge in [-0.15, -0.1) is 0 Å². The first-order valence-electron chi connectivity index (χ1n) is 14.6. The molecule has 0 aliphatic carbocycles. The quantitative estimate of drug-likeness (QED) is 0.216. The summed E-state index contributed by atoms with van der Waals surface area (Å²) in [5.41, 5.74) is 6.88. The minimum Gasteiger partial charge on any atom is -0.354 e. The van der Waals surface area contributed by atoms with E-state index in [1.54, 1.807) is 30.6 Å². The van der Waals surface area contributed by atoms with Gasteiger partial charge in [-0.3, -0.25) is 19.5 Å². The second-order valence-electron chi connectivity index (χ2n) is 11.0. The van der Waals surface area contributed by atoms with Crippen LogP contribution in [0, 0.1) is 0 Å². The number of amides is 2. The Morgan fingerprint density at radius 3 is 2.45 bits per heavy atom. The van der Waals surface area contributed by atoms with Crippen molar-refractivity contribution in [3.8, 4) is 0 Å². The predicted molar refractivity (Wildman–Crippen MR) is 168 cm³/mol. The number of carbonyl (C=O) groups is 2. The maximum absolute atomic E-state index is 13.4. The first kappa shape index (κ1) is 27.4. The molecule has 0 bridgehead atoms. The number of hydrogen-bond donors (Lipinski definition) is 3. The molecule has 2 aliphatic heterocycles. The number of carbonyl (C=O) groups excluding carboxylic acids is 2. The Hall–Kier alpha value is -4.75. The van der Waals surface area contributed by atoms with E-state index in [-0.39, 0.29) is 17.9 Å². The number of pyridine rings is 1. The van der Waals surface area contributed by atoms with E-state index in [1.165, 1.54) is 24.8 Å². The van der Waals surface area contributed by atoms with Crippen LogP contribution in [0.15, 0.2) is 97.3 Å². The van der Waals surface area contributed by atoms with Crippen LogP contribution >= 0.6 is 0 Å². The van der Waals surface area contributed by atoms with Crippen LogP contribution in [-0.4, -0.2) is 34.8 Å². The fraction of sp³-hybridized carbons (Fsp3) is 0.229. The third kappa shape index (κ3) is 6.11. The summed E-state index contributed by atoms with van der Waals surface area (Å²) in [6.45, 7) is 5.20. The van der Waals surface area contributed by atoms with Crippen molar-refractivity contribution in [2.75, 3.05) is 23.7 Å². The smallest absolute Gasteiger partial charge is 0.258 e. The number of likely N-dealkylation sites (tertiary alicyclic amines) is 1. The average Bonchev–Trinajstić information content (AvgIpc) is 3.36.